The number of aromatic nitrogens is 5. The number of thioether (sulfide) groups is 1. The van der Waals surface area contributed by atoms with Crippen molar-refractivity contribution in [1.29, 1.82) is 0 Å². The average molecular weight is 410 g/mol. The molecule has 142 valence electrons. The molecular formula is C20H19N5OS2. The molecule has 3 heterocycles. The minimum atomic E-state index is -0.0135. The van der Waals surface area contributed by atoms with Crippen LogP contribution >= 0.6 is 23.1 Å². The molecule has 0 radical (unpaired) electrons. The number of rotatable bonds is 4. The molecule has 0 fully saturated rings. The molecule has 4 aromatic rings. The van der Waals surface area contributed by atoms with Crippen LogP contribution in [0.1, 0.15) is 34.7 Å². The Bertz CT molecular complexity index is 1220. The molecule has 1 N–H and O–H groups in total. The predicted octanol–water partition coefficient (Wildman–Crippen LogP) is 4.04. The van der Waals surface area contributed by atoms with E-state index in [0.29, 0.717) is 11.6 Å². The number of para-hydroxylation sites is 1. The maximum Gasteiger partial charge on any atom is 0.259 e. The number of benzene rings is 1. The van der Waals surface area contributed by atoms with Gasteiger partial charge in [-0.3, -0.25) is 9.36 Å². The predicted molar refractivity (Wildman–Crippen MR) is 113 cm³/mol. The van der Waals surface area contributed by atoms with Gasteiger partial charge in [-0.2, -0.15) is 0 Å². The lowest BCUT2D eigenvalue weighted by Crippen LogP contribution is -2.12. The van der Waals surface area contributed by atoms with Crippen LogP contribution in [0.2, 0.25) is 0 Å². The van der Waals surface area contributed by atoms with Crippen LogP contribution in [0.4, 0.5) is 0 Å². The van der Waals surface area contributed by atoms with Crippen LogP contribution in [0, 0.1) is 6.92 Å². The highest BCUT2D eigenvalue weighted by Gasteiger charge is 2.20. The van der Waals surface area contributed by atoms with Gasteiger partial charge in [-0.15, -0.1) is 21.5 Å². The van der Waals surface area contributed by atoms with Crippen LogP contribution in [0.3, 0.4) is 0 Å². The Kier molecular flexibility index (Phi) is 4.52. The molecule has 0 atom stereocenters. The van der Waals surface area contributed by atoms with E-state index in [0.717, 1.165) is 45.9 Å². The molecule has 0 aliphatic heterocycles. The first kappa shape index (κ1) is 17.6. The van der Waals surface area contributed by atoms with E-state index in [1.807, 2.05) is 22.8 Å². The minimum absolute atomic E-state index is 0.0135. The Hall–Kier alpha value is -2.45. The minimum Gasteiger partial charge on any atom is -0.309 e. The average Bonchev–Trinajstić information content (AvgIpc) is 3.31. The van der Waals surface area contributed by atoms with E-state index in [-0.39, 0.29) is 5.56 Å². The number of H-pyrrole nitrogens is 1. The summed E-state index contributed by atoms with van der Waals surface area (Å²) < 4.78 is 1.97. The summed E-state index contributed by atoms with van der Waals surface area (Å²) in [5.74, 6) is 1.22. The van der Waals surface area contributed by atoms with Gasteiger partial charge < -0.3 is 4.98 Å². The van der Waals surface area contributed by atoms with Gasteiger partial charge in [-0.05, 0) is 49.8 Å². The van der Waals surface area contributed by atoms with Gasteiger partial charge in [0, 0.05) is 4.88 Å². The van der Waals surface area contributed by atoms with E-state index in [4.69, 9.17) is 4.98 Å². The number of aromatic amines is 1. The Labute approximate surface area is 170 Å². The zero-order valence-corrected chi connectivity index (χ0v) is 17.1. The van der Waals surface area contributed by atoms with Gasteiger partial charge in [0.05, 0.1) is 16.8 Å². The first-order chi connectivity index (χ1) is 13.7. The molecule has 0 saturated carbocycles. The summed E-state index contributed by atoms with van der Waals surface area (Å²) in [4.78, 5) is 22.6. The lowest BCUT2D eigenvalue weighted by Gasteiger charge is -2.09. The summed E-state index contributed by atoms with van der Waals surface area (Å²) in [6.07, 6.45) is 6.14. The Morgan fingerprint density at radius 2 is 2.11 bits per heavy atom. The number of hydrogen-bond acceptors (Lipinski definition) is 6. The molecule has 0 bridgehead atoms. The van der Waals surface area contributed by atoms with Crippen molar-refractivity contribution in [3.05, 3.63) is 62.8 Å². The van der Waals surface area contributed by atoms with Crippen molar-refractivity contribution in [2.45, 2.75) is 43.5 Å². The molecule has 0 unspecified atom stereocenters. The number of thiophene rings is 1. The van der Waals surface area contributed by atoms with Crippen molar-refractivity contribution in [1.82, 2.24) is 24.7 Å². The highest BCUT2D eigenvalue weighted by molar-refractivity contribution is 7.98. The Morgan fingerprint density at radius 3 is 3.00 bits per heavy atom. The molecule has 28 heavy (non-hydrogen) atoms. The molecule has 0 spiro atoms. The Morgan fingerprint density at radius 1 is 1.25 bits per heavy atom. The molecule has 1 aliphatic carbocycles. The van der Waals surface area contributed by atoms with E-state index < -0.39 is 0 Å². The first-order valence-corrected chi connectivity index (χ1v) is 11.1. The molecular weight excluding hydrogens is 390 g/mol. The standard InChI is InChI=1S/C20H19N5OS2/c1-12-6-2-4-8-14(12)25-11-21-24-20(25)27-10-16-22-18(26)17-13-7-3-5-9-15(13)28-19(17)23-16/h2,4,6,8,11H,3,5,7,9-10H2,1H3,(H,22,23,26). The summed E-state index contributed by atoms with van der Waals surface area (Å²) in [5.41, 5.74) is 3.41. The van der Waals surface area contributed by atoms with Gasteiger partial charge in [0.15, 0.2) is 5.16 Å². The molecule has 1 aliphatic rings. The number of hydrogen-bond donors (Lipinski definition) is 1. The number of aryl methyl sites for hydroxylation is 3. The normalized spacial score (nSPS) is 13.8. The van der Waals surface area contributed by atoms with Gasteiger partial charge in [-0.25, -0.2) is 4.98 Å². The monoisotopic (exact) mass is 409 g/mol. The van der Waals surface area contributed by atoms with Crippen molar-refractivity contribution in [2.24, 2.45) is 0 Å². The van der Waals surface area contributed by atoms with Crippen LogP contribution < -0.4 is 5.56 Å². The van der Waals surface area contributed by atoms with E-state index in [2.05, 4.69) is 28.2 Å². The second-order valence-corrected chi connectivity index (χ2v) is 8.99. The summed E-state index contributed by atoms with van der Waals surface area (Å²) in [6.45, 7) is 2.06. The topological polar surface area (TPSA) is 76.5 Å². The van der Waals surface area contributed by atoms with E-state index in [1.54, 1.807) is 17.7 Å². The summed E-state index contributed by atoms with van der Waals surface area (Å²) in [5, 5.41) is 9.89. The van der Waals surface area contributed by atoms with Crippen LogP contribution in [0.5, 0.6) is 0 Å². The summed E-state index contributed by atoms with van der Waals surface area (Å²) in [7, 11) is 0. The van der Waals surface area contributed by atoms with E-state index in [9.17, 15) is 4.79 Å². The lowest BCUT2D eigenvalue weighted by atomic mass is 9.97. The Balaban J connectivity index is 1.44. The third kappa shape index (κ3) is 3.06. The molecule has 3 aromatic heterocycles. The first-order valence-electron chi connectivity index (χ1n) is 9.33. The van der Waals surface area contributed by atoms with E-state index >= 15 is 0 Å². The van der Waals surface area contributed by atoms with Gasteiger partial charge >= 0.3 is 0 Å². The van der Waals surface area contributed by atoms with Crippen LogP contribution in [0.15, 0.2) is 40.5 Å². The smallest absolute Gasteiger partial charge is 0.259 e. The third-order valence-corrected chi connectivity index (χ3v) is 7.24. The maximum absolute atomic E-state index is 12.7. The molecule has 8 heteroatoms. The van der Waals surface area contributed by atoms with Gasteiger partial charge in [0.1, 0.15) is 17.0 Å². The molecule has 0 amide bonds. The fourth-order valence-electron chi connectivity index (χ4n) is 3.73. The second kappa shape index (κ2) is 7.18. The van der Waals surface area contributed by atoms with Crippen LogP contribution in [-0.4, -0.2) is 24.7 Å². The van der Waals surface area contributed by atoms with Crippen LogP contribution in [-0.2, 0) is 18.6 Å². The zero-order chi connectivity index (χ0) is 19.1. The maximum atomic E-state index is 12.7. The van der Waals surface area contributed by atoms with Gasteiger partial charge in [-0.1, -0.05) is 30.0 Å². The van der Waals surface area contributed by atoms with Crippen molar-refractivity contribution >= 4 is 33.3 Å². The van der Waals surface area contributed by atoms with Crippen LogP contribution in [0.25, 0.3) is 15.9 Å². The summed E-state index contributed by atoms with van der Waals surface area (Å²) in [6, 6.07) is 8.13. The highest BCUT2D eigenvalue weighted by atomic mass is 32.2. The highest BCUT2D eigenvalue weighted by Crippen LogP contribution is 2.34. The molecule has 1 aromatic carbocycles. The largest absolute Gasteiger partial charge is 0.309 e. The SMILES string of the molecule is Cc1ccccc1-n1cnnc1SCc1nc2sc3c(c2c(=O)[nH]1)CCCC3. The molecule has 6 nitrogen and oxygen atoms in total. The van der Waals surface area contributed by atoms with Crippen molar-refractivity contribution in [3.63, 3.8) is 0 Å². The van der Waals surface area contributed by atoms with Crippen molar-refractivity contribution in [2.75, 3.05) is 0 Å². The fraction of sp³-hybridized carbons (Fsp3) is 0.300. The van der Waals surface area contributed by atoms with Gasteiger partial charge in [0.25, 0.3) is 5.56 Å². The molecule has 5 rings (SSSR count). The number of fused-ring (bicyclic) bond motifs is 3. The van der Waals surface area contributed by atoms with Gasteiger partial charge in [0.2, 0.25) is 0 Å². The third-order valence-electron chi connectivity index (χ3n) is 5.10. The zero-order valence-electron chi connectivity index (χ0n) is 15.4. The van der Waals surface area contributed by atoms with Crippen molar-refractivity contribution in [3.8, 4) is 5.69 Å². The van der Waals surface area contributed by atoms with E-state index in [1.165, 1.54) is 28.6 Å². The fourth-order valence-corrected chi connectivity index (χ4v) is 5.80. The van der Waals surface area contributed by atoms with Crippen molar-refractivity contribution < 1.29 is 0 Å². The molecule has 0 saturated heterocycles. The quantitative estimate of drug-likeness (QED) is 0.515. The lowest BCUT2D eigenvalue weighted by molar-refractivity contribution is 0.700. The summed E-state index contributed by atoms with van der Waals surface area (Å²) >= 11 is 3.20. The second-order valence-electron chi connectivity index (χ2n) is 6.96. The number of nitrogens with zero attached hydrogens (tertiary/aromatic N) is 4. The number of nitrogens with one attached hydrogen (secondary N) is 1.